The van der Waals surface area contributed by atoms with Crippen molar-refractivity contribution in [2.75, 3.05) is 19.7 Å². The van der Waals surface area contributed by atoms with Gasteiger partial charge in [0.2, 0.25) is 0 Å². The van der Waals surface area contributed by atoms with Crippen LogP contribution in [0.3, 0.4) is 0 Å². The third-order valence-corrected chi connectivity index (χ3v) is 4.34. The van der Waals surface area contributed by atoms with E-state index in [1.54, 1.807) is 0 Å². The van der Waals surface area contributed by atoms with E-state index in [1.165, 1.54) is 11.1 Å². The van der Waals surface area contributed by atoms with E-state index in [-0.39, 0.29) is 24.0 Å². The maximum Gasteiger partial charge on any atom is 0.0486 e. The van der Waals surface area contributed by atoms with Crippen LogP contribution < -0.4 is 5.73 Å². The molecule has 1 aromatic rings. The Morgan fingerprint density at radius 3 is 2.45 bits per heavy atom. The quantitative estimate of drug-likeness (QED) is 0.889. The summed E-state index contributed by atoms with van der Waals surface area (Å²) in [6, 6.07) is 9.06. The van der Waals surface area contributed by atoms with Gasteiger partial charge in [0.05, 0.1) is 0 Å². The molecular formula is C17H28N2O. The highest BCUT2D eigenvalue weighted by molar-refractivity contribution is 5.27. The van der Waals surface area contributed by atoms with Crippen LogP contribution in [0.2, 0.25) is 0 Å². The first-order chi connectivity index (χ1) is 9.40. The van der Waals surface area contributed by atoms with Crippen LogP contribution in [-0.2, 0) is 12.0 Å². The summed E-state index contributed by atoms with van der Waals surface area (Å²) in [7, 11) is 0. The molecule has 0 amide bonds. The van der Waals surface area contributed by atoms with Gasteiger partial charge < -0.3 is 10.8 Å². The average Bonchev–Trinajstić information content (AvgIpc) is 2.40. The number of hydrogen-bond acceptors (Lipinski definition) is 3. The molecule has 2 atom stereocenters. The Balaban J connectivity index is 1.97. The van der Waals surface area contributed by atoms with Crippen molar-refractivity contribution in [1.29, 1.82) is 0 Å². The van der Waals surface area contributed by atoms with E-state index in [1.807, 2.05) is 0 Å². The van der Waals surface area contributed by atoms with Crippen LogP contribution in [0.25, 0.3) is 0 Å². The van der Waals surface area contributed by atoms with E-state index >= 15 is 0 Å². The van der Waals surface area contributed by atoms with Crippen molar-refractivity contribution < 1.29 is 5.11 Å². The third-order valence-electron chi connectivity index (χ3n) is 4.34. The molecule has 112 valence electrons. The summed E-state index contributed by atoms with van der Waals surface area (Å²) < 4.78 is 0. The van der Waals surface area contributed by atoms with Gasteiger partial charge in [-0.1, -0.05) is 45.0 Å². The topological polar surface area (TPSA) is 49.5 Å². The molecule has 1 aliphatic heterocycles. The maximum atomic E-state index is 9.36. The molecular weight excluding hydrogens is 248 g/mol. The molecule has 1 heterocycles. The number of likely N-dealkylation sites (tertiary alicyclic amines) is 1. The molecule has 1 aliphatic rings. The van der Waals surface area contributed by atoms with Crippen molar-refractivity contribution in [3.63, 3.8) is 0 Å². The second kappa shape index (κ2) is 6.25. The molecule has 0 radical (unpaired) electrons. The maximum absolute atomic E-state index is 9.36. The normalized spacial score (nSPS) is 24.9. The molecule has 0 aliphatic carbocycles. The highest BCUT2D eigenvalue weighted by Crippen LogP contribution is 2.23. The fourth-order valence-electron chi connectivity index (χ4n) is 2.83. The Hall–Kier alpha value is -0.900. The number of aliphatic hydroxyl groups excluding tert-OH is 1. The lowest BCUT2D eigenvalue weighted by molar-refractivity contribution is 0.0992. The lowest BCUT2D eigenvalue weighted by Gasteiger charge is -2.36. The zero-order valence-electron chi connectivity index (χ0n) is 13.0. The van der Waals surface area contributed by atoms with Crippen molar-refractivity contribution >= 4 is 0 Å². The molecule has 0 unspecified atom stereocenters. The summed E-state index contributed by atoms with van der Waals surface area (Å²) in [5.41, 5.74) is 8.94. The molecule has 0 aromatic heterocycles. The fourth-order valence-corrected chi connectivity index (χ4v) is 2.83. The Labute approximate surface area is 122 Å². The van der Waals surface area contributed by atoms with Gasteiger partial charge in [-0.3, -0.25) is 4.90 Å². The first-order valence-corrected chi connectivity index (χ1v) is 7.58. The summed E-state index contributed by atoms with van der Waals surface area (Å²) >= 11 is 0. The van der Waals surface area contributed by atoms with Crippen LogP contribution in [0.4, 0.5) is 0 Å². The predicted molar refractivity (Wildman–Crippen MR) is 83.6 cm³/mol. The monoisotopic (exact) mass is 276 g/mol. The zero-order chi connectivity index (χ0) is 14.8. The molecule has 0 spiro atoms. The van der Waals surface area contributed by atoms with E-state index in [0.717, 1.165) is 26.1 Å². The second-order valence-electron chi connectivity index (χ2n) is 7.08. The Morgan fingerprint density at radius 2 is 1.90 bits per heavy atom. The molecule has 1 saturated heterocycles. The van der Waals surface area contributed by atoms with Crippen LogP contribution >= 0.6 is 0 Å². The zero-order valence-corrected chi connectivity index (χ0v) is 13.0. The molecule has 3 N–H and O–H groups in total. The smallest absolute Gasteiger partial charge is 0.0486 e. The minimum atomic E-state index is 0.152. The third kappa shape index (κ3) is 3.81. The van der Waals surface area contributed by atoms with Crippen LogP contribution in [-0.4, -0.2) is 35.7 Å². The van der Waals surface area contributed by atoms with Gasteiger partial charge in [0, 0.05) is 31.7 Å². The van der Waals surface area contributed by atoms with Crippen molar-refractivity contribution in [2.45, 2.75) is 45.2 Å². The lowest BCUT2D eigenvalue weighted by Crippen LogP contribution is -2.48. The van der Waals surface area contributed by atoms with Gasteiger partial charge in [-0.15, -0.1) is 0 Å². The number of nitrogens with zero attached hydrogens (tertiary/aromatic N) is 1. The van der Waals surface area contributed by atoms with Gasteiger partial charge >= 0.3 is 0 Å². The van der Waals surface area contributed by atoms with Crippen molar-refractivity contribution in [1.82, 2.24) is 4.90 Å². The van der Waals surface area contributed by atoms with Crippen molar-refractivity contribution in [3.05, 3.63) is 35.4 Å². The van der Waals surface area contributed by atoms with Crippen LogP contribution in [0.1, 0.15) is 38.3 Å². The van der Waals surface area contributed by atoms with E-state index in [0.29, 0.717) is 0 Å². The summed E-state index contributed by atoms with van der Waals surface area (Å²) in [5, 5.41) is 9.36. The Morgan fingerprint density at radius 1 is 1.25 bits per heavy atom. The summed E-state index contributed by atoms with van der Waals surface area (Å²) in [4.78, 5) is 2.40. The van der Waals surface area contributed by atoms with E-state index in [2.05, 4.69) is 49.9 Å². The molecule has 1 aromatic carbocycles. The Kier molecular flexibility index (Phi) is 4.84. The standard InChI is InChI=1S/C17H28N2O/c1-17(2,3)15-6-4-13(5-7-15)10-19-9-8-16(18)14(11-19)12-20/h4-7,14,16,20H,8-12,18H2,1-3H3/t14-,16-/m1/s1. The van der Waals surface area contributed by atoms with Crippen molar-refractivity contribution in [2.24, 2.45) is 11.7 Å². The minimum absolute atomic E-state index is 0.152. The molecule has 20 heavy (non-hydrogen) atoms. The predicted octanol–water partition coefficient (Wildman–Crippen LogP) is 2.13. The van der Waals surface area contributed by atoms with Gasteiger partial charge in [-0.2, -0.15) is 0 Å². The van der Waals surface area contributed by atoms with E-state index in [9.17, 15) is 5.11 Å². The number of piperidine rings is 1. The first-order valence-electron chi connectivity index (χ1n) is 7.58. The first kappa shape index (κ1) is 15.5. The highest BCUT2D eigenvalue weighted by atomic mass is 16.3. The van der Waals surface area contributed by atoms with E-state index < -0.39 is 0 Å². The largest absolute Gasteiger partial charge is 0.396 e. The van der Waals surface area contributed by atoms with Gasteiger partial charge in [-0.05, 0) is 29.5 Å². The number of aliphatic hydroxyl groups is 1. The van der Waals surface area contributed by atoms with Crippen LogP contribution in [0.15, 0.2) is 24.3 Å². The number of nitrogens with two attached hydrogens (primary N) is 1. The molecule has 3 nitrogen and oxygen atoms in total. The van der Waals surface area contributed by atoms with Gasteiger partial charge in [-0.25, -0.2) is 0 Å². The Bertz CT molecular complexity index is 422. The summed E-state index contributed by atoms with van der Waals surface area (Å²) in [6.07, 6.45) is 0.977. The number of benzene rings is 1. The van der Waals surface area contributed by atoms with Gasteiger partial charge in [0.1, 0.15) is 0 Å². The summed E-state index contributed by atoms with van der Waals surface area (Å²) in [5.74, 6) is 0.220. The molecule has 0 saturated carbocycles. The van der Waals surface area contributed by atoms with Crippen molar-refractivity contribution in [3.8, 4) is 0 Å². The lowest BCUT2D eigenvalue weighted by atomic mass is 9.86. The SMILES string of the molecule is CC(C)(C)c1ccc(CN2CC[C@@H](N)[C@@H](CO)C2)cc1. The van der Waals surface area contributed by atoms with Gasteiger partial charge in [0.25, 0.3) is 0 Å². The average molecular weight is 276 g/mol. The van der Waals surface area contributed by atoms with Gasteiger partial charge in [0.15, 0.2) is 0 Å². The van der Waals surface area contributed by atoms with Crippen LogP contribution in [0.5, 0.6) is 0 Å². The van der Waals surface area contributed by atoms with Crippen LogP contribution in [0, 0.1) is 5.92 Å². The number of hydrogen-bond donors (Lipinski definition) is 2. The van der Waals surface area contributed by atoms with E-state index in [4.69, 9.17) is 5.73 Å². The number of rotatable bonds is 3. The molecule has 2 rings (SSSR count). The highest BCUT2D eigenvalue weighted by Gasteiger charge is 2.25. The fraction of sp³-hybridized carbons (Fsp3) is 0.647. The minimum Gasteiger partial charge on any atom is -0.396 e. The molecule has 0 bridgehead atoms. The summed E-state index contributed by atoms with van der Waals surface area (Å²) in [6.45, 7) is 9.78. The second-order valence-corrected chi connectivity index (χ2v) is 7.08. The molecule has 3 heteroatoms. The molecule has 1 fully saturated rings.